The van der Waals surface area contributed by atoms with Crippen molar-refractivity contribution in [2.75, 3.05) is 0 Å². The van der Waals surface area contributed by atoms with Crippen LogP contribution in [-0.4, -0.2) is 44.6 Å². The van der Waals surface area contributed by atoms with Gasteiger partial charge in [0.1, 0.15) is 17.5 Å². The lowest BCUT2D eigenvalue weighted by Crippen LogP contribution is -2.55. The molecule has 0 spiro atoms. The molecule has 0 aliphatic carbocycles. The van der Waals surface area contributed by atoms with Gasteiger partial charge in [0.2, 0.25) is 5.91 Å². The summed E-state index contributed by atoms with van der Waals surface area (Å²) < 4.78 is -0.515. The number of hydrogen-bond donors (Lipinski definition) is 2. The van der Waals surface area contributed by atoms with Crippen molar-refractivity contribution in [3.05, 3.63) is 35.4 Å². The van der Waals surface area contributed by atoms with Crippen molar-refractivity contribution < 1.29 is 19.5 Å². The van der Waals surface area contributed by atoms with Gasteiger partial charge in [0.15, 0.2) is 0 Å². The molecule has 7 heteroatoms. The van der Waals surface area contributed by atoms with Crippen LogP contribution in [-0.2, 0) is 9.59 Å². The lowest BCUT2D eigenvalue weighted by molar-refractivity contribution is -0.143. The molecule has 3 atom stereocenters. The fourth-order valence-electron chi connectivity index (χ4n) is 3.75. The SMILES string of the molecule is CC(C)C[C@H](NC(=O)[C@H]1N2C(=O)c3ccccc3[C@H]2SC1(C)C)C(=O)O. The number of hydrogen-bond acceptors (Lipinski definition) is 4. The molecular weight excluding hydrogens is 352 g/mol. The molecule has 2 aliphatic rings. The highest BCUT2D eigenvalue weighted by Crippen LogP contribution is 2.56. The fourth-order valence-corrected chi connectivity index (χ4v) is 5.34. The molecular formula is C19H24N2O4S. The summed E-state index contributed by atoms with van der Waals surface area (Å²) in [6.45, 7) is 7.67. The summed E-state index contributed by atoms with van der Waals surface area (Å²) >= 11 is 1.57. The van der Waals surface area contributed by atoms with Crippen molar-refractivity contribution in [3.8, 4) is 0 Å². The smallest absolute Gasteiger partial charge is 0.326 e. The summed E-state index contributed by atoms with van der Waals surface area (Å²) in [6, 6.07) is 5.72. The average molecular weight is 376 g/mol. The lowest BCUT2D eigenvalue weighted by atomic mass is 9.98. The van der Waals surface area contributed by atoms with E-state index in [4.69, 9.17) is 0 Å². The zero-order valence-electron chi connectivity index (χ0n) is 15.4. The van der Waals surface area contributed by atoms with Crippen LogP contribution in [0.5, 0.6) is 0 Å². The third-order valence-corrected chi connectivity index (χ3v) is 6.40. The Morgan fingerprint density at radius 2 is 1.96 bits per heavy atom. The van der Waals surface area contributed by atoms with Gasteiger partial charge in [0.05, 0.1) is 0 Å². The summed E-state index contributed by atoms with van der Waals surface area (Å²) in [5.41, 5.74) is 1.54. The van der Waals surface area contributed by atoms with E-state index in [0.717, 1.165) is 5.56 Å². The number of benzene rings is 1. The van der Waals surface area contributed by atoms with Crippen molar-refractivity contribution in [1.82, 2.24) is 10.2 Å². The van der Waals surface area contributed by atoms with E-state index in [9.17, 15) is 19.5 Å². The normalized spacial score (nSPS) is 24.3. The Balaban J connectivity index is 1.88. The molecule has 1 aromatic rings. The summed E-state index contributed by atoms with van der Waals surface area (Å²) in [4.78, 5) is 39.0. The van der Waals surface area contributed by atoms with Crippen LogP contribution in [0.15, 0.2) is 24.3 Å². The number of nitrogens with zero attached hydrogens (tertiary/aromatic N) is 1. The molecule has 3 rings (SSSR count). The first-order valence-electron chi connectivity index (χ1n) is 8.76. The average Bonchev–Trinajstić information content (AvgIpc) is 2.97. The monoisotopic (exact) mass is 376 g/mol. The van der Waals surface area contributed by atoms with Crippen molar-refractivity contribution in [2.45, 2.75) is 56.3 Å². The van der Waals surface area contributed by atoms with Crippen LogP contribution < -0.4 is 5.32 Å². The van der Waals surface area contributed by atoms with E-state index in [1.54, 1.807) is 22.7 Å². The van der Waals surface area contributed by atoms with Crippen molar-refractivity contribution in [2.24, 2.45) is 5.92 Å². The van der Waals surface area contributed by atoms with E-state index in [-0.39, 0.29) is 17.2 Å². The molecule has 0 bridgehead atoms. The Bertz CT molecular complexity index is 762. The zero-order valence-corrected chi connectivity index (χ0v) is 16.2. The van der Waals surface area contributed by atoms with Gasteiger partial charge in [0.25, 0.3) is 5.91 Å². The Labute approximate surface area is 157 Å². The fraction of sp³-hybridized carbons (Fsp3) is 0.526. The molecule has 2 N–H and O–H groups in total. The third-order valence-electron chi connectivity index (χ3n) is 4.87. The molecule has 0 saturated carbocycles. The number of fused-ring (bicyclic) bond motifs is 3. The maximum Gasteiger partial charge on any atom is 0.326 e. The highest BCUT2D eigenvalue weighted by molar-refractivity contribution is 8.01. The van der Waals surface area contributed by atoms with Crippen molar-refractivity contribution in [3.63, 3.8) is 0 Å². The number of carboxylic acid groups (broad SMARTS) is 1. The largest absolute Gasteiger partial charge is 0.480 e. The molecule has 2 heterocycles. The van der Waals surface area contributed by atoms with Crippen LogP contribution in [0.2, 0.25) is 0 Å². The zero-order chi connectivity index (χ0) is 19.2. The minimum absolute atomic E-state index is 0.132. The van der Waals surface area contributed by atoms with E-state index in [1.165, 1.54) is 0 Å². The van der Waals surface area contributed by atoms with Gasteiger partial charge in [0, 0.05) is 10.3 Å². The Morgan fingerprint density at radius 3 is 2.58 bits per heavy atom. The van der Waals surface area contributed by atoms with Crippen LogP contribution in [0.25, 0.3) is 0 Å². The molecule has 0 unspecified atom stereocenters. The molecule has 1 fully saturated rings. The molecule has 140 valence electrons. The summed E-state index contributed by atoms with van der Waals surface area (Å²) in [7, 11) is 0. The molecule has 2 amide bonds. The third kappa shape index (κ3) is 3.09. The van der Waals surface area contributed by atoms with Gasteiger partial charge in [-0.25, -0.2) is 4.79 Å². The number of carbonyl (C=O) groups excluding carboxylic acids is 2. The van der Waals surface area contributed by atoms with Crippen LogP contribution >= 0.6 is 11.8 Å². The van der Waals surface area contributed by atoms with Gasteiger partial charge in [-0.2, -0.15) is 0 Å². The van der Waals surface area contributed by atoms with Crippen LogP contribution in [0, 0.1) is 5.92 Å². The second kappa shape index (κ2) is 6.61. The minimum atomic E-state index is -1.05. The number of thioether (sulfide) groups is 1. The van der Waals surface area contributed by atoms with Gasteiger partial charge in [-0.15, -0.1) is 11.8 Å². The van der Waals surface area contributed by atoms with Crippen molar-refractivity contribution in [1.29, 1.82) is 0 Å². The van der Waals surface area contributed by atoms with E-state index in [2.05, 4.69) is 5.32 Å². The first kappa shape index (κ1) is 18.8. The van der Waals surface area contributed by atoms with Crippen LogP contribution in [0.4, 0.5) is 0 Å². The Kier molecular flexibility index (Phi) is 4.77. The van der Waals surface area contributed by atoms with Gasteiger partial charge in [-0.05, 0) is 37.8 Å². The highest BCUT2D eigenvalue weighted by Gasteiger charge is 2.57. The second-order valence-electron chi connectivity index (χ2n) is 7.80. The van der Waals surface area contributed by atoms with Gasteiger partial charge >= 0.3 is 5.97 Å². The lowest BCUT2D eigenvalue weighted by Gasteiger charge is -2.30. The highest BCUT2D eigenvalue weighted by atomic mass is 32.2. The quantitative estimate of drug-likeness (QED) is 0.825. The van der Waals surface area contributed by atoms with E-state index >= 15 is 0 Å². The Hall–Kier alpha value is -2.02. The van der Waals surface area contributed by atoms with Crippen LogP contribution in [0.1, 0.15) is 55.4 Å². The Morgan fingerprint density at radius 1 is 1.31 bits per heavy atom. The van der Waals surface area contributed by atoms with Gasteiger partial charge in [-0.3, -0.25) is 9.59 Å². The summed E-state index contributed by atoms with van der Waals surface area (Å²) in [5.74, 6) is -1.49. The predicted octanol–water partition coefficient (Wildman–Crippen LogP) is 2.65. The topological polar surface area (TPSA) is 86.7 Å². The first-order valence-corrected chi connectivity index (χ1v) is 9.64. The molecule has 0 radical (unpaired) electrons. The second-order valence-corrected chi connectivity index (χ2v) is 9.54. The van der Waals surface area contributed by atoms with Crippen LogP contribution in [0.3, 0.4) is 0 Å². The van der Waals surface area contributed by atoms with E-state index in [1.807, 2.05) is 45.9 Å². The summed E-state index contributed by atoms with van der Waals surface area (Å²) in [6.07, 6.45) is 0.346. The standard InChI is InChI=1S/C19H24N2O4S/c1-10(2)9-13(18(24)25)20-15(22)14-19(3,4)26-17-12-8-6-5-7-11(12)16(23)21(14)17/h5-8,10,13-14,17H,9H2,1-4H3,(H,20,22)(H,24,25)/t13-,14+,17+/m0/s1. The minimum Gasteiger partial charge on any atom is -0.480 e. The maximum absolute atomic E-state index is 13.0. The molecule has 6 nitrogen and oxygen atoms in total. The van der Waals surface area contributed by atoms with E-state index in [0.29, 0.717) is 12.0 Å². The number of nitrogens with one attached hydrogen (secondary N) is 1. The molecule has 0 aromatic heterocycles. The number of aliphatic carboxylic acids is 1. The number of amides is 2. The number of carbonyl (C=O) groups is 3. The first-order chi connectivity index (χ1) is 12.1. The molecule has 1 aromatic carbocycles. The number of rotatable bonds is 5. The maximum atomic E-state index is 13.0. The number of carboxylic acids is 1. The van der Waals surface area contributed by atoms with Crippen molar-refractivity contribution >= 4 is 29.5 Å². The van der Waals surface area contributed by atoms with Gasteiger partial charge in [-0.1, -0.05) is 32.0 Å². The predicted molar refractivity (Wildman–Crippen MR) is 99.8 cm³/mol. The van der Waals surface area contributed by atoms with Gasteiger partial charge < -0.3 is 15.3 Å². The molecule has 1 saturated heterocycles. The summed E-state index contributed by atoms with van der Waals surface area (Å²) in [5, 5.41) is 11.9. The van der Waals surface area contributed by atoms with E-state index < -0.39 is 28.7 Å². The molecule has 2 aliphatic heterocycles. The molecule has 26 heavy (non-hydrogen) atoms.